The molecule has 3 nitrogen and oxygen atoms in total. The van der Waals surface area contributed by atoms with E-state index in [4.69, 9.17) is 21.1 Å². The molecule has 3 aromatic carbocycles. The summed E-state index contributed by atoms with van der Waals surface area (Å²) in [4.78, 5) is 0. The fourth-order valence-corrected chi connectivity index (χ4v) is 2.98. The average molecular weight is 396 g/mol. The summed E-state index contributed by atoms with van der Waals surface area (Å²) >= 11 is 6.20. The average Bonchev–Trinajstić information content (AvgIpc) is 2.69. The van der Waals surface area contributed by atoms with E-state index in [1.54, 1.807) is 0 Å². The summed E-state index contributed by atoms with van der Waals surface area (Å²) in [5.41, 5.74) is 5.55. The number of rotatable bonds is 8. The second-order valence-electron chi connectivity index (χ2n) is 6.81. The quantitative estimate of drug-likeness (QED) is 0.469. The molecule has 28 heavy (non-hydrogen) atoms. The molecule has 0 aliphatic carbocycles. The molecule has 0 amide bonds. The molecule has 0 radical (unpaired) electrons. The first-order valence-electron chi connectivity index (χ1n) is 9.49. The van der Waals surface area contributed by atoms with Crippen LogP contribution in [-0.2, 0) is 13.2 Å². The van der Waals surface area contributed by atoms with E-state index < -0.39 is 0 Å². The van der Waals surface area contributed by atoms with Crippen molar-refractivity contribution in [2.24, 2.45) is 0 Å². The zero-order valence-electron chi connectivity index (χ0n) is 16.6. The van der Waals surface area contributed by atoms with Gasteiger partial charge in [-0.2, -0.15) is 0 Å². The predicted molar refractivity (Wildman–Crippen MR) is 117 cm³/mol. The number of benzene rings is 3. The number of hydrogen-bond acceptors (Lipinski definition) is 3. The number of ether oxygens (including phenoxy) is 2. The maximum absolute atomic E-state index is 6.20. The van der Waals surface area contributed by atoms with Gasteiger partial charge in [-0.1, -0.05) is 53.6 Å². The summed E-state index contributed by atoms with van der Waals surface area (Å²) in [6.45, 7) is 7.83. The molecule has 0 heterocycles. The minimum absolute atomic E-state index is 0.514. The predicted octanol–water partition coefficient (Wildman–Crippen LogP) is 6.55. The Bertz CT molecular complexity index is 922. The van der Waals surface area contributed by atoms with Crippen molar-refractivity contribution in [1.29, 1.82) is 0 Å². The van der Waals surface area contributed by atoms with Crippen molar-refractivity contribution < 1.29 is 9.47 Å². The van der Waals surface area contributed by atoms with Gasteiger partial charge in [0.15, 0.2) is 11.5 Å². The van der Waals surface area contributed by atoms with E-state index in [0.29, 0.717) is 19.8 Å². The third-order valence-electron chi connectivity index (χ3n) is 4.49. The molecule has 0 aliphatic rings. The molecule has 0 saturated carbocycles. The number of halogens is 1. The van der Waals surface area contributed by atoms with Crippen LogP contribution >= 0.6 is 11.6 Å². The Morgan fingerprint density at radius 2 is 1.57 bits per heavy atom. The van der Waals surface area contributed by atoms with Gasteiger partial charge in [0.2, 0.25) is 0 Å². The van der Waals surface area contributed by atoms with Crippen molar-refractivity contribution in [2.75, 3.05) is 11.9 Å². The summed E-state index contributed by atoms with van der Waals surface area (Å²) in [5.74, 6) is 1.51. The van der Waals surface area contributed by atoms with Gasteiger partial charge in [0, 0.05) is 17.3 Å². The van der Waals surface area contributed by atoms with Crippen molar-refractivity contribution in [3.8, 4) is 11.5 Å². The van der Waals surface area contributed by atoms with Gasteiger partial charge in [0.1, 0.15) is 6.61 Å². The van der Waals surface area contributed by atoms with E-state index >= 15 is 0 Å². The molecule has 146 valence electrons. The highest BCUT2D eigenvalue weighted by Gasteiger charge is 2.08. The number of hydrogen-bond donors (Lipinski definition) is 1. The van der Waals surface area contributed by atoms with E-state index in [1.165, 1.54) is 5.56 Å². The molecule has 0 atom stereocenters. The molecule has 3 rings (SSSR count). The van der Waals surface area contributed by atoms with Crippen LogP contribution in [0.3, 0.4) is 0 Å². The lowest BCUT2D eigenvalue weighted by atomic mass is 10.1. The SMILES string of the molecule is CCOc1cc(CNc2ccc(C)c(Cl)c2)ccc1OCc1ccc(C)cc1. The lowest BCUT2D eigenvalue weighted by molar-refractivity contribution is 0.269. The molecule has 3 aromatic rings. The Labute approximate surface area is 172 Å². The first-order chi connectivity index (χ1) is 13.5. The Hall–Kier alpha value is -2.65. The first kappa shape index (κ1) is 20.1. The topological polar surface area (TPSA) is 30.5 Å². The van der Waals surface area contributed by atoms with E-state index in [0.717, 1.165) is 38.9 Å². The van der Waals surface area contributed by atoms with Crippen LogP contribution in [0.2, 0.25) is 5.02 Å². The van der Waals surface area contributed by atoms with Crippen LogP contribution in [0.25, 0.3) is 0 Å². The van der Waals surface area contributed by atoms with Crippen LogP contribution in [0.15, 0.2) is 60.7 Å². The van der Waals surface area contributed by atoms with Gasteiger partial charge < -0.3 is 14.8 Å². The molecule has 1 N–H and O–H groups in total. The van der Waals surface area contributed by atoms with Gasteiger partial charge in [-0.15, -0.1) is 0 Å². The first-order valence-corrected chi connectivity index (χ1v) is 9.87. The van der Waals surface area contributed by atoms with E-state index in [1.807, 2.05) is 44.2 Å². The minimum atomic E-state index is 0.514. The summed E-state index contributed by atoms with van der Waals surface area (Å²) in [6.07, 6.45) is 0. The smallest absolute Gasteiger partial charge is 0.161 e. The molecule has 4 heteroatoms. The van der Waals surface area contributed by atoms with Crippen molar-refractivity contribution >= 4 is 17.3 Å². The highest BCUT2D eigenvalue weighted by atomic mass is 35.5. The standard InChI is InChI=1S/C24H26ClNO2/c1-4-27-24-13-20(15-26-21-11-7-18(3)22(25)14-21)10-12-23(24)28-16-19-8-5-17(2)6-9-19/h5-14,26H,4,15-16H2,1-3H3. The third kappa shape index (κ3) is 5.43. The van der Waals surface area contributed by atoms with Crippen molar-refractivity contribution in [1.82, 2.24) is 0 Å². The fraction of sp³-hybridized carbons (Fsp3) is 0.250. The third-order valence-corrected chi connectivity index (χ3v) is 4.90. The summed E-state index contributed by atoms with van der Waals surface area (Å²) < 4.78 is 11.8. The summed E-state index contributed by atoms with van der Waals surface area (Å²) in [5, 5.41) is 4.16. The number of anilines is 1. The fourth-order valence-electron chi connectivity index (χ4n) is 2.80. The number of aryl methyl sites for hydroxylation is 2. The highest BCUT2D eigenvalue weighted by molar-refractivity contribution is 6.31. The van der Waals surface area contributed by atoms with Crippen LogP contribution in [0.4, 0.5) is 5.69 Å². The van der Waals surface area contributed by atoms with Gasteiger partial charge in [-0.3, -0.25) is 0 Å². The van der Waals surface area contributed by atoms with E-state index in [9.17, 15) is 0 Å². The maximum atomic E-state index is 6.20. The Kier molecular flexibility index (Phi) is 6.83. The highest BCUT2D eigenvalue weighted by Crippen LogP contribution is 2.30. The van der Waals surface area contributed by atoms with Gasteiger partial charge in [-0.05, 0) is 61.7 Å². The van der Waals surface area contributed by atoms with E-state index in [-0.39, 0.29) is 0 Å². The largest absolute Gasteiger partial charge is 0.490 e. The van der Waals surface area contributed by atoms with Gasteiger partial charge in [-0.25, -0.2) is 0 Å². The zero-order valence-corrected chi connectivity index (χ0v) is 17.3. The van der Waals surface area contributed by atoms with Crippen molar-refractivity contribution in [3.05, 3.63) is 87.9 Å². The molecule has 0 spiro atoms. The van der Waals surface area contributed by atoms with Crippen LogP contribution in [0.5, 0.6) is 11.5 Å². The van der Waals surface area contributed by atoms with Crippen molar-refractivity contribution in [2.45, 2.75) is 33.9 Å². The lowest BCUT2D eigenvalue weighted by Crippen LogP contribution is -2.03. The monoisotopic (exact) mass is 395 g/mol. The molecule has 0 saturated heterocycles. The molecular formula is C24H26ClNO2. The second kappa shape index (κ2) is 9.52. The lowest BCUT2D eigenvalue weighted by Gasteiger charge is -2.14. The van der Waals surface area contributed by atoms with Gasteiger partial charge in [0.05, 0.1) is 6.61 Å². The Balaban J connectivity index is 1.67. The van der Waals surface area contributed by atoms with Crippen LogP contribution in [0, 0.1) is 13.8 Å². The molecule has 0 aromatic heterocycles. The molecular weight excluding hydrogens is 370 g/mol. The van der Waals surface area contributed by atoms with Crippen LogP contribution < -0.4 is 14.8 Å². The zero-order chi connectivity index (χ0) is 19.9. The second-order valence-corrected chi connectivity index (χ2v) is 7.21. The van der Waals surface area contributed by atoms with Gasteiger partial charge >= 0.3 is 0 Å². The van der Waals surface area contributed by atoms with E-state index in [2.05, 4.69) is 42.6 Å². The van der Waals surface area contributed by atoms with Crippen molar-refractivity contribution in [3.63, 3.8) is 0 Å². The Morgan fingerprint density at radius 1 is 0.821 bits per heavy atom. The molecule has 0 unspecified atom stereocenters. The van der Waals surface area contributed by atoms with Gasteiger partial charge in [0.25, 0.3) is 0 Å². The normalized spacial score (nSPS) is 10.6. The number of nitrogens with one attached hydrogen (secondary N) is 1. The molecule has 0 fully saturated rings. The molecule has 0 bridgehead atoms. The maximum Gasteiger partial charge on any atom is 0.161 e. The minimum Gasteiger partial charge on any atom is -0.490 e. The summed E-state index contributed by atoms with van der Waals surface area (Å²) in [6, 6.07) is 20.4. The molecule has 0 aliphatic heterocycles. The Morgan fingerprint density at radius 3 is 2.29 bits per heavy atom. The van der Waals surface area contributed by atoms with Crippen LogP contribution in [0.1, 0.15) is 29.2 Å². The summed E-state index contributed by atoms with van der Waals surface area (Å²) in [7, 11) is 0. The van der Waals surface area contributed by atoms with Crippen LogP contribution in [-0.4, -0.2) is 6.61 Å².